The molecule has 4 aromatic rings. The van der Waals surface area contributed by atoms with Gasteiger partial charge in [-0.3, -0.25) is 4.79 Å². The largest absolute Gasteiger partial charge is 0.493 e. The molecule has 31 heavy (non-hydrogen) atoms. The summed E-state index contributed by atoms with van der Waals surface area (Å²) in [5.74, 6) is 1.66. The van der Waals surface area contributed by atoms with E-state index in [4.69, 9.17) is 9.15 Å². The molecule has 0 bridgehead atoms. The molecule has 156 valence electrons. The second kappa shape index (κ2) is 6.13. The van der Waals surface area contributed by atoms with Crippen LogP contribution < -0.4 is 15.5 Å². The van der Waals surface area contributed by atoms with Crippen molar-refractivity contribution < 1.29 is 9.15 Å². The summed E-state index contributed by atoms with van der Waals surface area (Å²) < 4.78 is 12.5. The van der Waals surface area contributed by atoms with E-state index in [0.29, 0.717) is 28.9 Å². The molecule has 0 saturated carbocycles. The van der Waals surface area contributed by atoms with Gasteiger partial charge in [-0.05, 0) is 54.4 Å². The first kappa shape index (κ1) is 18.5. The molecule has 3 heterocycles. The number of fused-ring (bicyclic) bond motifs is 7. The lowest BCUT2D eigenvalue weighted by Crippen LogP contribution is -2.46. The molecular formula is C27H25NO3. The van der Waals surface area contributed by atoms with Crippen LogP contribution in [0.1, 0.15) is 42.3 Å². The van der Waals surface area contributed by atoms with Gasteiger partial charge in [0.15, 0.2) is 5.43 Å². The van der Waals surface area contributed by atoms with Crippen LogP contribution in [0.2, 0.25) is 0 Å². The van der Waals surface area contributed by atoms with E-state index in [1.54, 1.807) is 0 Å². The number of ether oxygens (including phenoxy) is 1. The predicted octanol–water partition coefficient (Wildman–Crippen LogP) is 6.02. The van der Waals surface area contributed by atoms with Gasteiger partial charge >= 0.3 is 0 Å². The lowest BCUT2D eigenvalue weighted by molar-refractivity contribution is 0.136. The van der Waals surface area contributed by atoms with E-state index in [2.05, 4.69) is 55.6 Å². The summed E-state index contributed by atoms with van der Waals surface area (Å²) in [5.41, 5.74) is 4.62. The number of aryl methyl sites for hydroxylation is 1. The van der Waals surface area contributed by atoms with E-state index in [1.165, 1.54) is 16.3 Å². The standard InChI is InChI=1S/C27H25NO3/c1-14-15(2)31-26-18(25(14)29)9-10-22-23(26)24-20(13-30-22)27(3,4)19-11-16-7-5-6-8-17(16)12-21(19)28-24/h5-12,20,24,28H,13H2,1-4H3/t20-,24-/m0/s1. The van der Waals surface area contributed by atoms with Crippen LogP contribution in [0.15, 0.2) is 57.7 Å². The summed E-state index contributed by atoms with van der Waals surface area (Å²) in [6.45, 7) is 8.89. The molecular weight excluding hydrogens is 386 g/mol. The highest BCUT2D eigenvalue weighted by Crippen LogP contribution is 2.54. The Bertz CT molecular complexity index is 1450. The van der Waals surface area contributed by atoms with Gasteiger partial charge in [0.05, 0.1) is 23.6 Å². The third-order valence-corrected chi connectivity index (χ3v) is 7.47. The SMILES string of the molecule is Cc1oc2c3c(ccc2c(=O)c1C)OC[C@H]1[C@@H]3Nc2cc3ccccc3cc2C1(C)C. The van der Waals surface area contributed by atoms with Gasteiger partial charge in [-0.1, -0.05) is 38.1 Å². The molecule has 2 atom stereocenters. The van der Waals surface area contributed by atoms with Crippen LogP contribution in [0, 0.1) is 19.8 Å². The molecule has 1 aromatic heterocycles. The van der Waals surface area contributed by atoms with E-state index in [9.17, 15) is 4.79 Å². The van der Waals surface area contributed by atoms with Gasteiger partial charge in [-0.25, -0.2) is 0 Å². The number of rotatable bonds is 0. The summed E-state index contributed by atoms with van der Waals surface area (Å²) in [4.78, 5) is 12.9. The Morgan fingerprint density at radius 1 is 1.03 bits per heavy atom. The smallest absolute Gasteiger partial charge is 0.195 e. The number of hydrogen-bond donors (Lipinski definition) is 1. The van der Waals surface area contributed by atoms with Gasteiger partial charge < -0.3 is 14.5 Å². The van der Waals surface area contributed by atoms with Gasteiger partial charge in [-0.15, -0.1) is 0 Å². The molecule has 6 rings (SSSR count). The van der Waals surface area contributed by atoms with Gasteiger partial charge in [0, 0.05) is 22.6 Å². The molecule has 1 N–H and O–H groups in total. The highest BCUT2D eigenvalue weighted by atomic mass is 16.5. The van der Waals surface area contributed by atoms with Gasteiger partial charge in [-0.2, -0.15) is 0 Å². The summed E-state index contributed by atoms with van der Waals surface area (Å²) >= 11 is 0. The van der Waals surface area contributed by atoms with Gasteiger partial charge in [0.1, 0.15) is 17.1 Å². The molecule has 4 nitrogen and oxygen atoms in total. The molecule has 0 amide bonds. The van der Waals surface area contributed by atoms with E-state index in [1.807, 2.05) is 26.0 Å². The zero-order valence-corrected chi connectivity index (χ0v) is 18.2. The van der Waals surface area contributed by atoms with Crippen LogP contribution in [-0.2, 0) is 5.41 Å². The fourth-order valence-electron chi connectivity index (χ4n) is 5.42. The van der Waals surface area contributed by atoms with Crippen LogP contribution in [0.4, 0.5) is 5.69 Å². The van der Waals surface area contributed by atoms with Gasteiger partial charge in [0.25, 0.3) is 0 Å². The average molecular weight is 412 g/mol. The first-order valence-electron chi connectivity index (χ1n) is 10.9. The predicted molar refractivity (Wildman–Crippen MR) is 124 cm³/mol. The molecule has 0 radical (unpaired) electrons. The van der Waals surface area contributed by atoms with Crippen molar-refractivity contribution in [3.63, 3.8) is 0 Å². The lowest BCUT2D eigenvalue weighted by Gasteiger charge is -2.48. The Morgan fingerprint density at radius 3 is 2.55 bits per heavy atom. The highest BCUT2D eigenvalue weighted by molar-refractivity contribution is 5.89. The van der Waals surface area contributed by atoms with Crippen LogP contribution in [0.25, 0.3) is 21.7 Å². The molecule has 0 aliphatic carbocycles. The number of hydrogen-bond acceptors (Lipinski definition) is 4. The molecule has 0 fully saturated rings. The molecule has 3 aromatic carbocycles. The van der Waals surface area contributed by atoms with Crippen LogP contribution >= 0.6 is 0 Å². The Hall–Kier alpha value is -3.27. The molecule has 0 saturated heterocycles. The van der Waals surface area contributed by atoms with Crippen molar-refractivity contribution in [2.75, 3.05) is 11.9 Å². The van der Waals surface area contributed by atoms with E-state index >= 15 is 0 Å². The Balaban J connectivity index is 1.62. The maximum Gasteiger partial charge on any atom is 0.195 e. The fraction of sp³-hybridized carbons (Fsp3) is 0.296. The Kier molecular flexibility index (Phi) is 3.66. The molecule has 0 unspecified atom stereocenters. The third-order valence-electron chi connectivity index (χ3n) is 7.47. The van der Waals surface area contributed by atoms with Crippen LogP contribution in [-0.4, -0.2) is 6.61 Å². The second-order valence-electron chi connectivity index (χ2n) is 9.47. The van der Waals surface area contributed by atoms with Crippen molar-refractivity contribution in [1.82, 2.24) is 0 Å². The van der Waals surface area contributed by atoms with E-state index in [-0.39, 0.29) is 22.8 Å². The summed E-state index contributed by atoms with van der Waals surface area (Å²) in [6.07, 6.45) is 0. The van der Waals surface area contributed by atoms with E-state index in [0.717, 1.165) is 17.0 Å². The highest BCUT2D eigenvalue weighted by Gasteiger charge is 2.47. The van der Waals surface area contributed by atoms with Crippen molar-refractivity contribution in [1.29, 1.82) is 0 Å². The van der Waals surface area contributed by atoms with Crippen LogP contribution in [0.3, 0.4) is 0 Å². The summed E-state index contributed by atoms with van der Waals surface area (Å²) in [6, 6.07) is 16.8. The minimum atomic E-state index is -0.116. The van der Waals surface area contributed by atoms with E-state index < -0.39 is 0 Å². The number of anilines is 1. The maximum atomic E-state index is 12.9. The lowest BCUT2D eigenvalue weighted by atomic mass is 9.65. The monoisotopic (exact) mass is 411 g/mol. The van der Waals surface area contributed by atoms with Crippen molar-refractivity contribution in [3.05, 3.63) is 81.2 Å². The number of nitrogens with one attached hydrogen (secondary N) is 1. The Labute approximate surface area is 180 Å². The van der Waals surface area contributed by atoms with Gasteiger partial charge in [0.2, 0.25) is 0 Å². The molecule has 2 aliphatic rings. The average Bonchev–Trinajstić information content (AvgIpc) is 2.76. The molecule has 4 heteroatoms. The normalized spacial score (nSPS) is 21.0. The van der Waals surface area contributed by atoms with Crippen molar-refractivity contribution >= 4 is 27.4 Å². The number of benzene rings is 3. The maximum absolute atomic E-state index is 12.9. The van der Waals surface area contributed by atoms with Crippen molar-refractivity contribution in [3.8, 4) is 5.75 Å². The zero-order valence-electron chi connectivity index (χ0n) is 18.2. The van der Waals surface area contributed by atoms with Crippen LogP contribution in [0.5, 0.6) is 5.75 Å². The summed E-state index contributed by atoms with van der Waals surface area (Å²) in [5, 5.41) is 6.89. The fourth-order valence-corrected chi connectivity index (χ4v) is 5.42. The first-order chi connectivity index (χ1) is 14.9. The third kappa shape index (κ3) is 2.45. The molecule has 2 aliphatic heterocycles. The van der Waals surface area contributed by atoms with Crippen molar-refractivity contribution in [2.24, 2.45) is 5.92 Å². The summed E-state index contributed by atoms with van der Waals surface area (Å²) in [7, 11) is 0. The van der Waals surface area contributed by atoms with Crippen molar-refractivity contribution in [2.45, 2.75) is 39.2 Å². The zero-order chi connectivity index (χ0) is 21.5. The first-order valence-corrected chi connectivity index (χ1v) is 10.9. The second-order valence-corrected chi connectivity index (χ2v) is 9.47. The molecule has 0 spiro atoms. The minimum absolute atomic E-state index is 0.00127. The topological polar surface area (TPSA) is 51.5 Å². The Morgan fingerprint density at radius 2 is 1.77 bits per heavy atom. The quantitative estimate of drug-likeness (QED) is 0.385. The minimum Gasteiger partial charge on any atom is -0.493 e.